The summed E-state index contributed by atoms with van der Waals surface area (Å²) in [6.07, 6.45) is -1.41. The summed E-state index contributed by atoms with van der Waals surface area (Å²) in [5.41, 5.74) is 0.322. The zero-order valence-electron chi connectivity index (χ0n) is 12.1. The minimum Gasteiger partial charge on any atom is -0.493 e. The molecule has 6 nitrogen and oxygen atoms in total. The van der Waals surface area contributed by atoms with E-state index < -0.39 is 12.1 Å². The van der Waals surface area contributed by atoms with Gasteiger partial charge in [-0.25, -0.2) is 4.79 Å². The Morgan fingerprint density at radius 1 is 1.43 bits per heavy atom. The first-order chi connectivity index (χ1) is 9.96. The average molecular weight is 360 g/mol. The van der Waals surface area contributed by atoms with Crippen LogP contribution in [0.4, 0.5) is 0 Å². The number of likely N-dealkylation sites (N-methyl/N-ethyl adjacent to an activating group) is 1. The van der Waals surface area contributed by atoms with Gasteiger partial charge in [-0.2, -0.15) is 0 Å². The molecule has 1 saturated heterocycles. The van der Waals surface area contributed by atoms with Gasteiger partial charge in [-0.05, 0) is 19.2 Å². The summed E-state index contributed by atoms with van der Waals surface area (Å²) in [7, 11) is 4.72. The second kappa shape index (κ2) is 6.64. The van der Waals surface area contributed by atoms with Crippen molar-refractivity contribution < 1.29 is 24.1 Å². The fraction of sp³-hybridized carbons (Fsp3) is 0.500. The number of nitrogens with zero attached hydrogens (tertiary/aromatic N) is 1. The Balaban J connectivity index is 2.36. The Bertz CT molecular complexity index is 530. The van der Waals surface area contributed by atoms with E-state index in [1.165, 1.54) is 14.2 Å². The average Bonchev–Trinajstić information content (AvgIpc) is 2.44. The largest absolute Gasteiger partial charge is 0.493 e. The summed E-state index contributed by atoms with van der Waals surface area (Å²) in [4.78, 5) is 13.7. The molecule has 1 aliphatic heterocycles. The van der Waals surface area contributed by atoms with Crippen molar-refractivity contribution in [1.29, 1.82) is 0 Å². The smallest absolute Gasteiger partial charge is 0.339 e. The Kier molecular flexibility index (Phi) is 5.08. The van der Waals surface area contributed by atoms with Crippen LogP contribution in [0.5, 0.6) is 11.5 Å². The van der Waals surface area contributed by atoms with Crippen LogP contribution >= 0.6 is 15.9 Å². The highest BCUT2D eigenvalue weighted by atomic mass is 79.9. The van der Waals surface area contributed by atoms with Gasteiger partial charge in [0.2, 0.25) is 0 Å². The van der Waals surface area contributed by atoms with Crippen LogP contribution in [0.25, 0.3) is 0 Å². The maximum Gasteiger partial charge on any atom is 0.339 e. The van der Waals surface area contributed by atoms with Crippen LogP contribution in [0.3, 0.4) is 0 Å². The minimum atomic E-state index is -1.42. The molecule has 0 spiro atoms. The van der Waals surface area contributed by atoms with Gasteiger partial charge in [0.15, 0.2) is 17.6 Å². The van der Waals surface area contributed by atoms with Gasteiger partial charge >= 0.3 is 5.97 Å². The molecule has 0 radical (unpaired) electrons. The Morgan fingerprint density at radius 2 is 2.10 bits per heavy atom. The summed E-state index contributed by atoms with van der Waals surface area (Å²) >= 11 is 3.33. The zero-order chi connectivity index (χ0) is 15.6. The SMILES string of the molecule is COC(=O)C(O)c1cc(Br)cc(OC)c1OC1CN(C)C1. The highest BCUT2D eigenvalue weighted by Gasteiger charge is 2.30. The molecule has 1 aromatic rings. The number of rotatable bonds is 5. The number of benzene rings is 1. The van der Waals surface area contributed by atoms with Crippen molar-refractivity contribution in [3.63, 3.8) is 0 Å². The third kappa shape index (κ3) is 3.48. The fourth-order valence-corrected chi connectivity index (χ4v) is 2.65. The first-order valence-electron chi connectivity index (χ1n) is 6.44. The molecule has 1 fully saturated rings. The van der Waals surface area contributed by atoms with E-state index in [0.29, 0.717) is 21.5 Å². The molecule has 7 heteroatoms. The molecule has 1 aliphatic rings. The quantitative estimate of drug-likeness (QED) is 0.800. The number of hydrogen-bond acceptors (Lipinski definition) is 6. The first-order valence-corrected chi connectivity index (χ1v) is 7.24. The van der Waals surface area contributed by atoms with Crippen molar-refractivity contribution >= 4 is 21.9 Å². The van der Waals surface area contributed by atoms with Gasteiger partial charge in [0.05, 0.1) is 14.2 Å². The molecule has 2 rings (SSSR count). The molecule has 1 unspecified atom stereocenters. The van der Waals surface area contributed by atoms with Crippen LogP contribution in [0.1, 0.15) is 11.7 Å². The van der Waals surface area contributed by atoms with Crippen molar-refractivity contribution in [3.05, 3.63) is 22.2 Å². The summed E-state index contributed by atoms with van der Waals surface area (Å²) in [5, 5.41) is 10.1. The predicted octanol–water partition coefficient (Wildman–Crippen LogP) is 1.36. The lowest BCUT2D eigenvalue weighted by atomic mass is 10.1. The highest BCUT2D eigenvalue weighted by Crippen LogP contribution is 2.39. The number of carbonyl (C=O) groups excluding carboxylic acids is 1. The van der Waals surface area contributed by atoms with Gasteiger partial charge in [0, 0.05) is 23.1 Å². The van der Waals surface area contributed by atoms with E-state index in [1.54, 1.807) is 12.1 Å². The molecule has 1 aromatic carbocycles. The number of likely N-dealkylation sites (tertiary alicyclic amines) is 1. The lowest BCUT2D eigenvalue weighted by Crippen LogP contribution is -2.51. The number of carbonyl (C=O) groups is 1. The summed E-state index contributed by atoms with van der Waals surface area (Å²) in [6.45, 7) is 1.57. The number of esters is 1. The van der Waals surface area contributed by atoms with Gasteiger partial charge in [0.1, 0.15) is 6.10 Å². The second-order valence-corrected chi connectivity index (χ2v) is 5.83. The number of aliphatic hydroxyl groups is 1. The van der Waals surface area contributed by atoms with Gasteiger partial charge < -0.3 is 19.3 Å². The standard InChI is InChI=1S/C14H18BrNO5/c1-16-6-9(7-16)21-13-10(12(17)14(18)20-3)4-8(15)5-11(13)19-2/h4-5,9,12,17H,6-7H2,1-3H3. The van der Waals surface area contributed by atoms with Gasteiger partial charge in [-0.3, -0.25) is 4.90 Å². The minimum absolute atomic E-state index is 0.00803. The van der Waals surface area contributed by atoms with Crippen LogP contribution in [-0.4, -0.2) is 56.4 Å². The third-order valence-electron chi connectivity index (χ3n) is 3.30. The Morgan fingerprint density at radius 3 is 2.62 bits per heavy atom. The number of halogens is 1. The fourth-order valence-electron chi connectivity index (χ4n) is 2.19. The van der Waals surface area contributed by atoms with Crippen molar-refractivity contribution in [1.82, 2.24) is 4.90 Å². The molecule has 0 saturated carbocycles. The molecule has 0 aromatic heterocycles. The number of hydrogen-bond donors (Lipinski definition) is 1. The molecule has 116 valence electrons. The lowest BCUT2D eigenvalue weighted by molar-refractivity contribution is -0.150. The lowest BCUT2D eigenvalue weighted by Gasteiger charge is -2.36. The van der Waals surface area contributed by atoms with E-state index in [-0.39, 0.29) is 6.10 Å². The van der Waals surface area contributed by atoms with E-state index in [4.69, 9.17) is 9.47 Å². The zero-order valence-corrected chi connectivity index (χ0v) is 13.7. The molecule has 0 amide bonds. The Labute approximate surface area is 131 Å². The van der Waals surface area contributed by atoms with E-state index in [9.17, 15) is 9.90 Å². The van der Waals surface area contributed by atoms with Crippen LogP contribution in [-0.2, 0) is 9.53 Å². The topological polar surface area (TPSA) is 68.2 Å². The molecule has 1 heterocycles. The number of methoxy groups -OCH3 is 2. The molecular formula is C14H18BrNO5. The molecule has 0 aliphatic carbocycles. The van der Waals surface area contributed by atoms with Crippen LogP contribution in [0.2, 0.25) is 0 Å². The predicted molar refractivity (Wildman–Crippen MR) is 79.6 cm³/mol. The van der Waals surface area contributed by atoms with Crippen molar-refractivity contribution in [2.45, 2.75) is 12.2 Å². The molecule has 1 N–H and O–H groups in total. The van der Waals surface area contributed by atoms with Crippen molar-refractivity contribution in [2.24, 2.45) is 0 Å². The highest BCUT2D eigenvalue weighted by molar-refractivity contribution is 9.10. The van der Waals surface area contributed by atoms with Gasteiger partial charge in [-0.15, -0.1) is 0 Å². The second-order valence-electron chi connectivity index (χ2n) is 4.91. The maximum atomic E-state index is 11.6. The molecular weight excluding hydrogens is 342 g/mol. The Hall–Kier alpha value is -1.31. The van der Waals surface area contributed by atoms with Gasteiger partial charge in [-0.1, -0.05) is 15.9 Å². The third-order valence-corrected chi connectivity index (χ3v) is 3.76. The number of ether oxygens (including phenoxy) is 3. The molecule has 1 atom stereocenters. The van der Waals surface area contributed by atoms with E-state index in [1.807, 2.05) is 7.05 Å². The summed E-state index contributed by atoms with van der Waals surface area (Å²) < 4.78 is 16.4. The van der Waals surface area contributed by atoms with E-state index in [2.05, 4.69) is 25.6 Å². The monoisotopic (exact) mass is 359 g/mol. The molecule has 21 heavy (non-hydrogen) atoms. The summed E-state index contributed by atoms with van der Waals surface area (Å²) in [6, 6.07) is 3.35. The van der Waals surface area contributed by atoms with E-state index in [0.717, 1.165) is 13.1 Å². The van der Waals surface area contributed by atoms with Crippen molar-refractivity contribution in [3.8, 4) is 11.5 Å². The maximum absolute atomic E-state index is 11.6. The van der Waals surface area contributed by atoms with Crippen molar-refractivity contribution in [2.75, 3.05) is 34.4 Å². The van der Waals surface area contributed by atoms with Crippen LogP contribution < -0.4 is 9.47 Å². The first kappa shape index (κ1) is 16.1. The van der Waals surface area contributed by atoms with Gasteiger partial charge in [0.25, 0.3) is 0 Å². The number of aliphatic hydroxyl groups excluding tert-OH is 1. The summed E-state index contributed by atoms with van der Waals surface area (Å²) in [5.74, 6) is 0.0827. The normalized spacial score (nSPS) is 17.0. The van der Waals surface area contributed by atoms with Crippen LogP contribution in [0.15, 0.2) is 16.6 Å². The van der Waals surface area contributed by atoms with Crippen LogP contribution in [0, 0.1) is 0 Å². The van der Waals surface area contributed by atoms with E-state index >= 15 is 0 Å². The molecule has 0 bridgehead atoms.